The summed E-state index contributed by atoms with van der Waals surface area (Å²) in [7, 11) is 0. The van der Waals surface area contributed by atoms with E-state index < -0.39 is 11.7 Å². The van der Waals surface area contributed by atoms with E-state index in [4.69, 9.17) is 11.6 Å². The van der Waals surface area contributed by atoms with Gasteiger partial charge >= 0.3 is 6.18 Å². The molecule has 16 heavy (non-hydrogen) atoms. The number of alkyl halides is 3. The monoisotopic (exact) mass is 249 g/mol. The molecule has 1 rings (SSSR count). The number of nitrogens with one attached hydrogen (secondary N) is 1. The number of benzene rings is 1. The molecule has 0 radical (unpaired) electrons. The van der Waals surface area contributed by atoms with Crippen LogP contribution in [0.4, 0.5) is 13.2 Å². The minimum absolute atomic E-state index is 0.329. The molecule has 0 amide bonds. The summed E-state index contributed by atoms with van der Waals surface area (Å²) in [5.74, 6) is 0. The Balaban J connectivity index is 2.64. The van der Waals surface area contributed by atoms with Gasteiger partial charge in [0.05, 0.1) is 5.56 Å². The molecule has 0 spiro atoms. The summed E-state index contributed by atoms with van der Waals surface area (Å²) in [5, 5.41) is 3.30. The molecule has 88 valence electrons. The number of hydrogen-bond acceptors (Lipinski definition) is 1. The molecule has 0 saturated carbocycles. The second kappa shape index (κ2) is 5.37. The highest BCUT2D eigenvalue weighted by Gasteiger charge is 2.30. The predicted octanol–water partition coefficient (Wildman–Crippen LogP) is 3.55. The Morgan fingerprint density at radius 2 is 2.06 bits per heavy atom. The molecule has 0 aliphatic rings. The maximum Gasteiger partial charge on any atom is 0.416 e. The first-order valence-electron chi connectivity index (χ1n) is 4.60. The predicted molar refractivity (Wildman–Crippen MR) is 58.1 cm³/mol. The van der Waals surface area contributed by atoms with Crippen molar-refractivity contribution in [1.82, 2.24) is 5.32 Å². The van der Waals surface area contributed by atoms with Gasteiger partial charge in [0.25, 0.3) is 0 Å². The van der Waals surface area contributed by atoms with Crippen molar-refractivity contribution in [1.29, 1.82) is 0 Å². The van der Waals surface area contributed by atoms with Crippen molar-refractivity contribution in [3.63, 3.8) is 0 Å². The molecule has 0 atom stereocenters. The van der Waals surface area contributed by atoms with E-state index in [1.54, 1.807) is 6.07 Å². The zero-order valence-corrected chi connectivity index (χ0v) is 9.20. The minimum Gasteiger partial charge on any atom is -0.308 e. The molecular formula is C11H11ClF3N. The lowest BCUT2D eigenvalue weighted by molar-refractivity contribution is -0.137. The smallest absolute Gasteiger partial charge is 0.308 e. The second-order valence-electron chi connectivity index (χ2n) is 3.32. The van der Waals surface area contributed by atoms with Gasteiger partial charge in [-0.05, 0) is 11.6 Å². The lowest BCUT2D eigenvalue weighted by atomic mass is 10.1. The van der Waals surface area contributed by atoms with Crippen LogP contribution in [0.5, 0.6) is 0 Å². The Kier molecular flexibility index (Phi) is 4.38. The number of hydrogen-bond donors (Lipinski definition) is 1. The standard InChI is InChI=1S/C11H11ClF3N/c1-8(12)6-16-7-9-3-2-4-10(5-9)11(13,14)15/h2-5,16H,1,6-7H2. The fraction of sp³-hybridized carbons (Fsp3) is 0.273. The zero-order chi connectivity index (χ0) is 12.2. The number of halogens is 4. The molecule has 0 saturated heterocycles. The van der Waals surface area contributed by atoms with Gasteiger partial charge in [0.2, 0.25) is 0 Å². The highest BCUT2D eigenvalue weighted by atomic mass is 35.5. The van der Waals surface area contributed by atoms with E-state index in [1.807, 2.05) is 0 Å². The van der Waals surface area contributed by atoms with Crippen LogP contribution in [0, 0.1) is 0 Å². The van der Waals surface area contributed by atoms with Crippen molar-refractivity contribution in [2.24, 2.45) is 0 Å². The third kappa shape index (κ3) is 4.24. The average Bonchev–Trinajstić information content (AvgIpc) is 2.16. The molecule has 0 heterocycles. The van der Waals surface area contributed by atoms with Crippen LogP contribution in [0.15, 0.2) is 35.9 Å². The molecule has 0 aliphatic carbocycles. The van der Waals surface area contributed by atoms with E-state index in [0.717, 1.165) is 12.1 Å². The van der Waals surface area contributed by atoms with Gasteiger partial charge in [0.15, 0.2) is 0 Å². The van der Waals surface area contributed by atoms with Crippen LogP contribution < -0.4 is 5.32 Å². The lowest BCUT2D eigenvalue weighted by Gasteiger charge is -2.09. The first-order chi connectivity index (χ1) is 7.39. The van der Waals surface area contributed by atoms with Crippen molar-refractivity contribution in [3.8, 4) is 0 Å². The van der Waals surface area contributed by atoms with E-state index in [1.165, 1.54) is 6.07 Å². The Hall–Kier alpha value is -1.00. The molecular weight excluding hydrogens is 239 g/mol. The van der Waals surface area contributed by atoms with Gasteiger partial charge in [-0.1, -0.05) is 36.4 Å². The normalized spacial score (nSPS) is 11.5. The zero-order valence-electron chi connectivity index (χ0n) is 8.44. The quantitative estimate of drug-likeness (QED) is 0.861. The van der Waals surface area contributed by atoms with Crippen LogP contribution in [0.25, 0.3) is 0 Å². The van der Waals surface area contributed by atoms with E-state index in [9.17, 15) is 13.2 Å². The maximum absolute atomic E-state index is 12.4. The van der Waals surface area contributed by atoms with Gasteiger partial charge in [0.1, 0.15) is 0 Å². The third-order valence-corrected chi connectivity index (χ3v) is 2.03. The summed E-state index contributed by atoms with van der Waals surface area (Å²) in [5.41, 5.74) is -0.0794. The number of rotatable bonds is 4. The summed E-state index contributed by atoms with van der Waals surface area (Å²) < 4.78 is 37.1. The van der Waals surface area contributed by atoms with E-state index >= 15 is 0 Å². The van der Waals surface area contributed by atoms with Gasteiger partial charge in [-0.25, -0.2) is 0 Å². The summed E-state index contributed by atoms with van der Waals surface area (Å²) in [6, 6.07) is 5.17. The van der Waals surface area contributed by atoms with Crippen molar-refractivity contribution < 1.29 is 13.2 Å². The van der Waals surface area contributed by atoms with Crippen LogP contribution in [-0.2, 0) is 12.7 Å². The maximum atomic E-state index is 12.4. The van der Waals surface area contributed by atoms with Crippen LogP contribution in [-0.4, -0.2) is 6.54 Å². The molecule has 0 unspecified atom stereocenters. The van der Waals surface area contributed by atoms with Crippen LogP contribution in [0.1, 0.15) is 11.1 Å². The lowest BCUT2D eigenvalue weighted by Crippen LogP contribution is -2.15. The summed E-state index contributed by atoms with van der Waals surface area (Å²) in [6.45, 7) is 4.17. The van der Waals surface area contributed by atoms with Gasteiger partial charge in [0, 0.05) is 18.1 Å². The summed E-state index contributed by atoms with van der Waals surface area (Å²) in [6.07, 6.45) is -4.30. The summed E-state index contributed by atoms with van der Waals surface area (Å²) in [4.78, 5) is 0. The molecule has 0 aromatic heterocycles. The Morgan fingerprint density at radius 3 is 2.62 bits per heavy atom. The first-order valence-corrected chi connectivity index (χ1v) is 4.97. The van der Waals surface area contributed by atoms with Crippen LogP contribution in [0.2, 0.25) is 0 Å². The fourth-order valence-electron chi connectivity index (χ4n) is 1.20. The molecule has 1 aromatic carbocycles. The first kappa shape index (κ1) is 13.1. The van der Waals surface area contributed by atoms with Gasteiger partial charge in [-0.3, -0.25) is 0 Å². The van der Waals surface area contributed by atoms with Gasteiger partial charge in [-0.2, -0.15) is 13.2 Å². The topological polar surface area (TPSA) is 12.0 Å². The van der Waals surface area contributed by atoms with E-state index in [2.05, 4.69) is 11.9 Å². The van der Waals surface area contributed by atoms with Crippen molar-refractivity contribution in [2.45, 2.75) is 12.7 Å². The largest absolute Gasteiger partial charge is 0.416 e. The second-order valence-corrected chi connectivity index (χ2v) is 3.85. The molecule has 0 bridgehead atoms. The molecule has 1 aromatic rings. The van der Waals surface area contributed by atoms with Gasteiger partial charge < -0.3 is 5.32 Å². The Bertz CT molecular complexity index is 374. The molecule has 0 fully saturated rings. The van der Waals surface area contributed by atoms with Crippen LogP contribution >= 0.6 is 11.6 Å². The molecule has 0 aliphatic heterocycles. The highest BCUT2D eigenvalue weighted by molar-refractivity contribution is 6.29. The summed E-state index contributed by atoms with van der Waals surface area (Å²) >= 11 is 5.51. The average molecular weight is 250 g/mol. The van der Waals surface area contributed by atoms with Crippen molar-refractivity contribution in [2.75, 3.05) is 6.54 Å². The fourth-order valence-corrected chi connectivity index (χ4v) is 1.29. The Labute approximate surface area is 96.9 Å². The van der Waals surface area contributed by atoms with E-state index in [-0.39, 0.29) is 0 Å². The SMILES string of the molecule is C=C(Cl)CNCc1cccc(C(F)(F)F)c1. The molecule has 1 nitrogen and oxygen atoms in total. The van der Waals surface area contributed by atoms with Gasteiger partial charge in [-0.15, -0.1) is 0 Å². The third-order valence-electron chi connectivity index (χ3n) is 1.90. The highest BCUT2D eigenvalue weighted by Crippen LogP contribution is 2.29. The Morgan fingerprint density at radius 1 is 1.38 bits per heavy atom. The molecule has 5 heteroatoms. The van der Waals surface area contributed by atoms with Crippen LogP contribution in [0.3, 0.4) is 0 Å². The minimum atomic E-state index is -4.30. The van der Waals surface area contributed by atoms with Crippen molar-refractivity contribution >= 4 is 11.6 Å². The molecule has 1 N–H and O–H groups in total. The van der Waals surface area contributed by atoms with E-state index in [0.29, 0.717) is 23.7 Å². The van der Waals surface area contributed by atoms with Crippen molar-refractivity contribution in [3.05, 3.63) is 47.0 Å².